The second-order valence-corrected chi connectivity index (χ2v) is 5.52. The van der Waals surface area contributed by atoms with E-state index in [1.807, 2.05) is 0 Å². The van der Waals surface area contributed by atoms with Gasteiger partial charge in [0.15, 0.2) is 0 Å². The summed E-state index contributed by atoms with van der Waals surface area (Å²) in [6, 6.07) is 0. The summed E-state index contributed by atoms with van der Waals surface area (Å²) in [5.74, 6) is 0. The monoisotopic (exact) mass is 242 g/mol. The summed E-state index contributed by atoms with van der Waals surface area (Å²) in [5, 5.41) is 0. The minimum atomic E-state index is -0.417. The Balaban J connectivity index is 3.09. The summed E-state index contributed by atoms with van der Waals surface area (Å²) in [6.45, 7) is 4.33. The molecule has 0 bridgehead atoms. The van der Waals surface area contributed by atoms with Gasteiger partial charge in [0, 0.05) is 0 Å². The lowest BCUT2D eigenvalue weighted by molar-refractivity contribution is 0.374. The Bertz CT molecular complexity index is 155. The fourth-order valence-electron chi connectivity index (χ4n) is 2.12. The molecule has 0 heterocycles. The lowest BCUT2D eigenvalue weighted by Crippen LogP contribution is -2.48. The molecule has 17 heavy (non-hydrogen) atoms. The Morgan fingerprint density at radius 1 is 0.647 bits per heavy atom. The van der Waals surface area contributed by atoms with Crippen molar-refractivity contribution in [2.75, 3.05) is 0 Å². The first kappa shape index (κ1) is 16.9. The zero-order valence-electron chi connectivity index (χ0n) is 12.1. The smallest absolute Gasteiger partial charge is 0.0633 e. The molecule has 0 unspecified atom stereocenters. The Morgan fingerprint density at radius 2 is 1.06 bits per heavy atom. The Morgan fingerprint density at radius 3 is 1.47 bits per heavy atom. The summed E-state index contributed by atoms with van der Waals surface area (Å²) < 4.78 is 0. The molecule has 0 aromatic carbocycles. The molecule has 104 valence electrons. The van der Waals surface area contributed by atoms with E-state index in [0.717, 1.165) is 12.8 Å². The molecule has 0 spiro atoms. The van der Waals surface area contributed by atoms with Gasteiger partial charge < -0.3 is 11.5 Å². The van der Waals surface area contributed by atoms with E-state index in [2.05, 4.69) is 13.8 Å². The van der Waals surface area contributed by atoms with Crippen molar-refractivity contribution in [2.24, 2.45) is 11.5 Å². The van der Waals surface area contributed by atoms with Crippen LogP contribution in [-0.2, 0) is 0 Å². The van der Waals surface area contributed by atoms with E-state index < -0.39 is 5.66 Å². The van der Waals surface area contributed by atoms with Gasteiger partial charge in [-0.05, 0) is 12.8 Å². The number of nitrogens with two attached hydrogens (primary N) is 2. The van der Waals surface area contributed by atoms with Crippen molar-refractivity contribution >= 4 is 0 Å². The highest BCUT2D eigenvalue weighted by atomic mass is 14.9. The second kappa shape index (κ2) is 11.0. The van der Waals surface area contributed by atoms with Crippen molar-refractivity contribution in [3.05, 3.63) is 0 Å². The fourth-order valence-corrected chi connectivity index (χ4v) is 2.12. The van der Waals surface area contributed by atoms with Crippen molar-refractivity contribution in [1.82, 2.24) is 0 Å². The number of hydrogen-bond donors (Lipinski definition) is 2. The quantitative estimate of drug-likeness (QED) is 0.395. The molecule has 0 amide bonds. The van der Waals surface area contributed by atoms with Crippen LogP contribution in [0.4, 0.5) is 0 Å². The van der Waals surface area contributed by atoms with Gasteiger partial charge in [-0.25, -0.2) is 0 Å². The van der Waals surface area contributed by atoms with Crippen LogP contribution < -0.4 is 11.5 Å². The molecule has 0 atom stereocenters. The lowest BCUT2D eigenvalue weighted by atomic mass is 9.99. The molecule has 0 aliphatic rings. The molecule has 0 aliphatic heterocycles. The highest BCUT2D eigenvalue weighted by Crippen LogP contribution is 2.14. The predicted octanol–water partition coefficient (Wildman–Crippen LogP) is 4.32. The zero-order chi connectivity index (χ0) is 13.0. The summed E-state index contributed by atoms with van der Waals surface area (Å²) in [7, 11) is 0. The largest absolute Gasteiger partial charge is 0.314 e. The average molecular weight is 242 g/mol. The van der Waals surface area contributed by atoms with Gasteiger partial charge in [0.25, 0.3) is 0 Å². The van der Waals surface area contributed by atoms with E-state index in [-0.39, 0.29) is 0 Å². The normalized spacial score (nSPS) is 12.0. The van der Waals surface area contributed by atoms with E-state index in [1.165, 1.54) is 64.2 Å². The van der Waals surface area contributed by atoms with Gasteiger partial charge in [-0.15, -0.1) is 0 Å². The molecular formula is C15H34N2. The van der Waals surface area contributed by atoms with E-state index in [0.29, 0.717) is 0 Å². The lowest BCUT2D eigenvalue weighted by Gasteiger charge is -2.22. The van der Waals surface area contributed by atoms with E-state index in [9.17, 15) is 0 Å². The van der Waals surface area contributed by atoms with Crippen LogP contribution in [0.15, 0.2) is 0 Å². The van der Waals surface area contributed by atoms with Gasteiger partial charge >= 0.3 is 0 Å². The van der Waals surface area contributed by atoms with Crippen LogP contribution in [0.25, 0.3) is 0 Å². The Kier molecular flexibility index (Phi) is 11.0. The van der Waals surface area contributed by atoms with Crippen molar-refractivity contribution in [3.63, 3.8) is 0 Å². The summed E-state index contributed by atoms with van der Waals surface area (Å²) in [6.07, 6.45) is 15.5. The van der Waals surface area contributed by atoms with Crippen LogP contribution in [0, 0.1) is 0 Å². The van der Waals surface area contributed by atoms with Crippen molar-refractivity contribution in [1.29, 1.82) is 0 Å². The van der Waals surface area contributed by atoms with Crippen LogP contribution in [-0.4, -0.2) is 5.66 Å². The van der Waals surface area contributed by atoms with Gasteiger partial charge in [-0.2, -0.15) is 0 Å². The topological polar surface area (TPSA) is 52.0 Å². The molecule has 0 aromatic rings. The molecule has 0 aromatic heterocycles. The highest BCUT2D eigenvalue weighted by Gasteiger charge is 2.14. The molecule has 2 heteroatoms. The minimum Gasteiger partial charge on any atom is -0.314 e. The SMILES string of the molecule is CCCCCCCCCCCCC(N)(N)CC. The van der Waals surface area contributed by atoms with E-state index in [1.54, 1.807) is 0 Å². The summed E-state index contributed by atoms with van der Waals surface area (Å²) in [5.41, 5.74) is 11.4. The molecular weight excluding hydrogens is 208 g/mol. The van der Waals surface area contributed by atoms with Crippen LogP contribution in [0.1, 0.15) is 90.9 Å². The van der Waals surface area contributed by atoms with Crippen LogP contribution in [0.3, 0.4) is 0 Å². The number of unbranched alkanes of at least 4 members (excludes halogenated alkanes) is 9. The molecule has 0 saturated heterocycles. The van der Waals surface area contributed by atoms with Gasteiger partial charge in [0.1, 0.15) is 0 Å². The second-order valence-electron chi connectivity index (χ2n) is 5.52. The predicted molar refractivity (Wildman–Crippen MR) is 77.9 cm³/mol. The first-order valence-corrected chi connectivity index (χ1v) is 7.70. The number of hydrogen-bond acceptors (Lipinski definition) is 2. The third kappa shape index (κ3) is 12.2. The Hall–Kier alpha value is -0.0800. The van der Waals surface area contributed by atoms with E-state index >= 15 is 0 Å². The van der Waals surface area contributed by atoms with Gasteiger partial charge in [-0.3, -0.25) is 0 Å². The summed E-state index contributed by atoms with van der Waals surface area (Å²) >= 11 is 0. The highest BCUT2D eigenvalue weighted by molar-refractivity contribution is 4.73. The maximum atomic E-state index is 5.90. The standard InChI is InChI=1S/C15H34N2/c1-3-5-6-7-8-9-10-11-12-13-14-15(16,17)4-2/h3-14,16-17H2,1-2H3. The zero-order valence-corrected chi connectivity index (χ0v) is 12.1. The molecule has 0 radical (unpaired) electrons. The van der Waals surface area contributed by atoms with Gasteiger partial charge in [0.2, 0.25) is 0 Å². The van der Waals surface area contributed by atoms with Crippen LogP contribution >= 0.6 is 0 Å². The van der Waals surface area contributed by atoms with Crippen LogP contribution in [0.5, 0.6) is 0 Å². The van der Waals surface area contributed by atoms with Crippen molar-refractivity contribution in [2.45, 2.75) is 96.6 Å². The molecule has 2 nitrogen and oxygen atoms in total. The molecule has 0 saturated carbocycles. The molecule has 0 aliphatic carbocycles. The molecule has 0 rings (SSSR count). The minimum absolute atomic E-state index is 0.417. The summed E-state index contributed by atoms with van der Waals surface area (Å²) in [4.78, 5) is 0. The third-order valence-corrected chi connectivity index (χ3v) is 3.65. The average Bonchev–Trinajstić information content (AvgIpc) is 2.31. The number of rotatable bonds is 12. The third-order valence-electron chi connectivity index (χ3n) is 3.65. The van der Waals surface area contributed by atoms with Crippen LogP contribution in [0.2, 0.25) is 0 Å². The first-order valence-electron chi connectivity index (χ1n) is 7.70. The van der Waals surface area contributed by atoms with Crippen molar-refractivity contribution < 1.29 is 0 Å². The molecule has 0 fully saturated rings. The molecule has 4 N–H and O–H groups in total. The first-order chi connectivity index (χ1) is 8.12. The van der Waals surface area contributed by atoms with Crippen molar-refractivity contribution in [3.8, 4) is 0 Å². The fraction of sp³-hybridized carbons (Fsp3) is 1.00. The van der Waals surface area contributed by atoms with E-state index in [4.69, 9.17) is 11.5 Å². The maximum Gasteiger partial charge on any atom is 0.0633 e. The van der Waals surface area contributed by atoms with Gasteiger partial charge in [0.05, 0.1) is 5.66 Å². The van der Waals surface area contributed by atoms with Gasteiger partial charge in [-0.1, -0.05) is 78.1 Å². The maximum absolute atomic E-state index is 5.90. The Labute approximate surface area is 109 Å².